The summed E-state index contributed by atoms with van der Waals surface area (Å²) in [6.07, 6.45) is 8.90. The molecule has 0 spiro atoms. The fourth-order valence-corrected chi connectivity index (χ4v) is 5.01. The van der Waals surface area contributed by atoms with E-state index in [2.05, 4.69) is 158 Å². The smallest absolute Gasteiger partial charge is 0.0540 e. The van der Waals surface area contributed by atoms with Gasteiger partial charge in [0.2, 0.25) is 0 Å². The zero-order chi connectivity index (χ0) is 29.2. The molecule has 0 N–H and O–H groups in total. The summed E-state index contributed by atoms with van der Waals surface area (Å²) in [7, 11) is 0. The Morgan fingerprint density at radius 3 is 1.78 bits per heavy atom. The van der Waals surface area contributed by atoms with Crippen LogP contribution in [0, 0.1) is 13.8 Å². The predicted octanol–water partition coefficient (Wildman–Crippen LogP) is 12.1. The first-order chi connectivity index (χ1) is 20.2. The van der Waals surface area contributed by atoms with Crippen LogP contribution in [0.1, 0.15) is 61.1 Å². The summed E-state index contributed by atoms with van der Waals surface area (Å²) >= 11 is 0. The summed E-state index contributed by atoms with van der Waals surface area (Å²) in [5, 5.41) is 0. The number of fused-ring (bicyclic) bond motifs is 2. The van der Waals surface area contributed by atoms with Crippen LogP contribution in [-0.4, -0.2) is 0 Å². The molecule has 0 atom stereocenters. The van der Waals surface area contributed by atoms with Gasteiger partial charge in [-0.15, -0.1) is 0 Å². The minimum Gasteiger partial charge on any atom is -0.309 e. The summed E-state index contributed by atoms with van der Waals surface area (Å²) in [5.41, 5.74) is 13.4. The molecule has 1 heterocycles. The molecule has 1 aliphatic heterocycles. The van der Waals surface area contributed by atoms with E-state index < -0.39 is 0 Å². The number of hydrogen-bond donors (Lipinski definition) is 0. The molecule has 0 amide bonds. The quantitative estimate of drug-likeness (QED) is 0.203. The van der Waals surface area contributed by atoms with Crippen LogP contribution in [0.25, 0.3) is 35.4 Å². The van der Waals surface area contributed by atoms with Gasteiger partial charge >= 0.3 is 0 Å². The normalized spacial score (nSPS) is 11.4. The van der Waals surface area contributed by atoms with Crippen molar-refractivity contribution in [2.45, 2.75) is 41.5 Å². The highest BCUT2D eigenvalue weighted by Gasteiger charge is 2.20. The maximum atomic E-state index is 2.38. The van der Waals surface area contributed by atoms with Crippen molar-refractivity contribution in [3.05, 3.63) is 149 Å². The standard InChI is InChI=1S/C36H29N.2C2H6/c1-26-10-6-7-11-28(26)18-22-31-24-32(17-16-27(31)2)33-23-21-30-20-19-29-12-8-9-15-35(29)37(36(30)25-33)34-13-4-3-5-14-34;2*1-2/h3-25H,1-2H3;2*1-2H3/b22-18-;;. The lowest BCUT2D eigenvalue weighted by molar-refractivity contribution is 1.28. The molecular formula is C40H41N. The lowest BCUT2D eigenvalue weighted by Gasteiger charge is -2.27. The van der Waals surface area contributed by atoms with Crippen LogP contribution < -0.4 is 4.90 Å². The summed E-state index contributed by atoms with van der Waals surface area (Å²) in [6, 6.07) is 41.3. The first-order valence-corrected chi connectivity index (χ1v) is 14.8. The van der Waals surface area contributed by atoms with E-state index in [4.69, 9.17) is 0 Å². The first-order valence-electron chi connectivity index (χ1n) is 14.8. The zero-order valence-corrected chi connectivity index (χ0v) is 25.2. The minimum absolute atomic E-state index is 1.16. The summed E-state index contributed by atoms with van der Waals surface area (Å²) in [6.45, 7) is 12.3. The van der Waals surface area contributed by atoms with E-state index in [-0.39, 0.29) is 0 Å². The molecule has 206 valence electrons. The molecule has 41 heavy (non-hydrogen) atoms. The Balaban J connectivity index is 0.000000929. The topological polar surface area (TPSA) is 3.24 Å². The molecular weight excluding hydrogens is 494 g/mol. The molecule has 0 aliphatic carbocycles. The summed E-state index contributed by atoms with van der Waals surface area (Å²) < 4.78 is 0. The number of aryl methyl sites for hydroxylation is 2. The number of nitrogens with zero attached hydrogens (tertiary/aromatic N) is 1. The van der Waals surface area contributed by atoms with E-state index >= 15 is 0 Å². The zero-order valence-electron chi connectivity index (χ0n) is 25.2. The number of hydrogen-bond acceptors (Lipinski definition) is 1. The summed E-state index contributed by atoms with van der Waals surface area (Å²) in [5.74, 6) is 0. The predicted molar refractivity (Wildman–Crippen MR) is 183 cm³/mol. The van der Waals surface area contributed by atoms with Gasteiger partial charge in [0.25, 0.3) is 0 Å². The fourth-order valence-electron chi connectivity index (χ4n) is 5.01. The van der Waals surface area contributed by atoms with E-state index in [0.717, 1.165) is 5.69 Å². The van der Waals surface area contributed by atoms with Crippen molar-refractivity contribution in [3.63, 3.8) is 0 Å². The molecule has 0 fully saturated rings. The van der Waals surface area contributed by atoms with Gasteiger partial charge in [-0.1, -0.05) is 137 Å². The number of para-hydroxylation sites is 2. The van der Waals surface area contributed by atoms with E-state index in [0.29, 0.717) is 0 Å². The van der Waals surface area contributed by atoms with Gasteiger partial charge in [0.1, 0.15) is 0 Å². The summed E-state index contributed by atoms with van der Waals surface area (Å²) in [4.78, 5) is 2.38. The van der Waals surface area contributed by atoms with Crippen LogP contribution in [0.15, 0.2) is 115 Å². The maximum Gasteiger partial charge on any atom is 0.0540 e. The van der Waals surface area contributed by atoms with Crippen LogP contribution in [0.4, 0.5) is 17.1 Å². The van der Waals surface area contributed by atoms with Gasteiger partial charge in [0.05, 0.1) is 11.4 Å². The third kappa shape index (κ3) is 6.58. The van der Waals surface area contributed by atoms with Crippen LogP contribution in [0.3, 0.4) is 0 Å². The maximum absolute atomic E-state index is 2.38. The second kappa shape index (κ2) is 14.1. The molecule has 1 nitrogen and oxygen atoms in total. The molecule has 0 radical (unpaired) electrons. The minimum atomic E-state index is 1.16. The molecule has 1 heteroatoms. The van der Waals surface area contributed by atoms with Crippen molar-refractivity contribution in [1.82, 2.24) is 0 Å². The molecule has 1 aliphatic rings. The molecule has 5 aromatic carbocycles. The molecule has 0 unspecified atom stereocenters. The van der Waals surface area contributed by atoms with Crippen LogP contribution in [-0.2, 0) is 0 Å². The lowest BCUT2D eigenvalue weighted by Crippen LogP contribution is -2.11. The lowest BCUT2D eigenvalue weighted by atomic mass is 9.96. The first kappa shape index (κ1) is 29.4. The van der Waals surface area contributed by atoms with Gasteiger partial charge in [-0.2, -0.15) is 0 Å². The Hall–Kier alpha value is -4.62. The van der Waals surface area contributed by atoms with Gasteiger partial charge in [-0.05, 0) is 88.7 Å². The molecule has 0 bridgehead atoms. The van der Waals surface area contributed by atoms with Gasteiger partial charge in [0, 0.05) is 5.69 Å². The number of benzene rings is 5. The Bertz CT molecular complexity index is 1640. The van der Waals surface area contributed by atoms with Crippen molar-refractivity contribution in [2.24, 2.45) is 0 Å². The van der Waals surface area contributed by atoms with Crippen molar-refractivity contribution >= 4 is 41.4 Å². The average molecular weight is 536 g/mol. The highest BCUT2D eigenvalue weighted by Crippen LogP contribution is 2.43. The van der Waals surface area contributed by atoms with E-state index in [9.17, 15) is 0 Å². The Labute approximate surface area is 247 Å². The number of rotatable bonds is 4. The molecule has 0 aromatic heterocycles. The van der Waals surface area contributed by atoms with E-state index in [1.165, 1.54) is 55.9 Å². The van der Waals surface area contributed by atoms with E-state index in [1.54, 1.807) is 0 Å². The van der Waals surface area contributed by atoms with Gasteiger partial charge in [0.15, 0.2) is 0 Å². The molecule has 0 saturated heterocycles. The average Bonchev–Trinajstić information content (AvgIpc) is 3.20. The number of anilines is 3. The highest BCUT2D eigenvalue weighted by atomic mass is 15.1. The highest BCUT2D eigenvalue weighted by molar-refractivity contribution is 5.94. The van der Waals surface area contributed by atoms with Gasteiger partial charge < -0.3 is 4.90 Å². The van der Waals surface area contributed by atoms with Crippen molar-refractivity contribution in [3.8, 4) is 11.1 Å². The molecule has 0 saturated carbocycles. The largest absolute Gasteiger partial charge is 0.309 e. The third-order valence-corrected chi connectivity index (χ3v) is 7.15. The van der Waals surface area contributed by atoms with Crippen LogP contribution in [0.5, 0.6) is 0 Å². The van der Waals surface area contributed by atoms with Gasteiger partial charge in [-0.3, -0.25) is 0 Å². The third-order valence-electron chi connectivity index (χ3n) is 7.15. The van der Waals surface area contributed by atoms with Crippen molar-refractivity contribution in [2.75, 3.05) is 4.90 Å². The SMILES string of the molecule is CC.CC.Cc1ccccc1/C=C\c1cc(-c2ccc3c(c2)N(c2ccccc2)c2ccccc2C=C3)ccc1C. The Morgan fingerprint density at radius 2 is 1.02 bits per heavy atom. The second-order valence-corrected chi connectivity index (χ2v) is 9.60. The second-order valence-electron chi connectivity index (χ2n) is 9.60. The fraction of sp³-hybridized carbons (Fsp3) is 0.150. The van der Waals surface area contributed by atoms with Crippen LogP contribution in [0.2, 0.25) is 0 Å². The monoisotopic (exact) mass is 535 g/mol. The van der Waals surface area contributed by atoms with Crippen LogP contribution >= 0.6 is 0 Å². The van der Waals surface area contributed by atoms with E-state index in [1.807, 2.05) is 27.7 Å². The molecule has 6 rings (SSSR count). The van der Waals surface area contributed by atoms with Gasteiger partial charge in [-0.25, -0.2) is 0 Å². The Kier molecular flexibility index (Phi) is 10.1. The molecule has 5 aromatic rings. The van der Waals surface area contributed by atoms with Crippen molar-refractivity contribution < 1.29 is 0 Å². The Morgan fingerprint density at radius 1 is 0.463 bits per heavy atom. The van der Waals surface area contributed by atoms with Crippen molar-refractivity contribution in [1.29, 1.82) is 0 Å².